The first-order chi connectivity index (χ1) is 12.9. The van der Waals surface area contributed by atoms with Crippen LogP contribution in [0.3, 0.4) is 0 Å². The largest absolute Gasteiger partial charge is 0.457 e. The minimum absolute atomic E-state index is 0.0157. The van der Waals surface area contributed by atoms with Gasteiger partial charge in [0, 0.05) is 37.1 Å². The first kappa shape index (κ1) is 19.4. The molecule has 3 heterocycles. The number of rotatable bonds is 5. The molecule has 0 atom stereocenters. The molecule has 0 saturated carbocycles. The molecular formula is C20H24N2O4S. The lowest BCUT2D eigenvalue weighted by atomic mass is 9.97. The van der Waals surface area contributed by atoms with Crippen LogP contribution in [0.15, 0.2) is 23.6 Å². The fourth-order valence-electron chi connectivity index (χ4n) is 3.34. The van der Waals surface area contributed by atoms with E-state index in [9.17, 15) is 14.4 Å². The second-order valence-electron chi connectivity index (χ2n) is 6.92. The molecule has 0 spiro atoms. The zero-order valence-electron chi connectivity index (χ0n) is 15.9. The van der Waals surface area contributed by atoms with Gasteiger partial charge >= 0.3 is 5.97 Å². The summed E-state index contributed by atoms with van der Waals surface area (Å²) in [6.07, 6.45) is 1.13. The normalized spacial score (nSPS) is 15.0. The zero-order chi connectivity index (χ0) is 19.6. The van der Waals surface area contributed by atoms with E-state index < -0.39 is 0 Å². The fraction of sp³-hybridized carbons (Fsp3) is 0.450. The summed E-state index contributed by atoms with van der Waals surface area (Å²) >= 11 is 1.42. The molecule has 1 saturated heterocycles. The Bertz CT molecular complexity index is 846. The van der Waals surface area contributed by atoms with Crippen molar-refractivity contribution in [1.29, 1.82) is 0 Å². The molecule has 0 bridgehead atoms. The standard InChI is InChI=1S/C20H24N2O4S/c1-13-11-16(14(2)21(13)3)17(23)12-26-20(25)15-6-8-22(9-7-15)19(24)18-5-4-10-27-18/h4-5,10-11,15H,6-9,12H2,1-3H3. The maximum Gasteiger partial charge on any atom is 0.309 e. The number of likely N-dealkylation sites (tertiary alicyclic amines) is 1. The lowest BCUT2D eigenvalue weighted by Crippen LogP contribution is -2.40. The van der Waals surface area contributed by atoms with E-state index in [2.05, 4.69) is 0 Å². The molecule has 1 aliphatic heterocycles. The number of carbonyl (C=O) groups excluding carboxylic acids is 3. The molecule has 0 N–H and O–H groups in total. The smallest absolute Gasteiger partial charge is 0.309 e. The molecule has 0 unspecified atom stereocenters. The number of esters is 1. The molecule has 3 rings (SSSR count). The maximum atomic E-state index is 12.3. The molecule has 27 heavy (non-hydrogen) atoms. The van der Waals surface area contributed by atoms with Gasteiger partial charge in [-0.1, -0.05) is 6.07 Å². The summed E-state index contributed by atoms with van der Waals surface area (Å²) in [6, 6.07) is 5.49. The molecule has 1 fully saturated rings. The minimum Gasteiger partial charge on any atom is -0.457 e. The molecule has 2 aromatic rings. The Morgan fingerprint density at radius 1 is 1.22 bits per heavy atom. The van der Waals surface area contributed by atoms with Gasteiger partial charge in [-0.2, -0.15) is 0 Å². The van der Waals surface area contributed by atoms with E-state index in [-0.39, 0.29) is 30.2 Å². The van der Waals surface area contributed by atoms with E-state index in [1.54, 1.807) is 4.90 Å². The monoisotopic (exact) mass is 388 g/mol. The Kier molecular flexibility index (Phi) is 5.79. The average Bonchev–Trinajstić information content (AvgIpc) is 3.30. The number of hydrogen-bond donors (Lipinski definition) is 0. The number of hydrogen-bond acceptors (Lipinski definition) is 5. The van der Waals surface area contributed by atoms with E-state index in [1.807, 2.05) is 49.0 Å². The quantitative estimate of drug-likeness (QED) is 0.583. The second kappa shape index (κ2) is 8.08. The predicted molar refractivity (Wildman–Crippen MR) is 103 cm³/mol. The van der Waals surface area contributed by atoms with Crippen LogP contribution in [-0.2, 0) is 16.6 Å². The molecule has 0 radical (unpaired) electrons. The van der Waals surface area contributed by atoms with Crippen LogP contribution >= 0.6 is 11.3 Å². The number of thiophene rings is 1. The summed E-state index contributed by atoms with van der Waals surface area (Å²) in [7, 11) is 1.90. The number of ketones is 1. The SMILES string of the molecule is Cc1cc(C(=O)COC(=O)C2CCN(C(=O)c3cccs3)CC2)c(C)n1C. The number of piperidine rings is 1. The Labute approximate surface area is 162 Å². The van der Waals surface area contributed by atoms with Crippen LogP contribution in [-0.4, -0.2) is 46.8 Å². The average molecular weight is 388 g/mol. The number of Topliss-reactive ketones (excluding diaryl/α,β-unsaturated/α-hetero) is 1. The summed E-state index contributed by atoms with van der Waals surface area (Å²) in [5, 5.41) is 1.88. The van der Waals surface area contributed by atoms with Gasteiger partial charge in [0.25, 0.3) is 5.91 Å². The fourth-order valence-corrected chi connectivity index (χ4v) is 4.04. The van der Waals surface area contributed by atoms with Gasteiger partial charge in [-0.25, -0.2) is 0 Å². The number of amides is 1. The summed E-state index contributed by atoms with van der Waals surface area (Å²) in [5.41, 5.74) is 2.46. The first-order valence-electron chi connectivity index (χ1n) is 9.04. The highest BCUT2D eigenvalue weighted by Gasteiger charge is 2.29. The van der Waals surface area contributed by atoms with Gasteiger partial charge in [0.1, 0.15) is 0 Å². The molecule has 1 amide bonds. The summed E-state index contributed by atoms with van der Waals surface area (Å²) in [5.74, 6) is -0.780. The Morgan fingerprint density at radius 3 is 2.48 bits per heavy atom. The van der Waals surface area contributed by atoms with Gasteiger partial charge in [0.2, 0.25) is 5.78 Å². The van der Waals surface area contributed by atoms with Crippen molar-refractivity contribution in [2.75, 3.05) is 19.7 Å². The third-order valence-electron chi connectivity index (χ3n) is 5.27. The lowest BCUT2D eigenvalue weighted by Gasteiger charge is -2.30. The molecule has 144 valence electrons. The van der Waals surface area contributed by atoms with Crippen LogP contribution in [0.4, 0.5) is 0 Å². The van der Waals surface area contributed by atoms with Crippen LogP contribution in [0.25, 0.3) is 0 Å². The molecule has 2 aromatic heterocycles. The van der Waals surface area contributed by atoms with Crippen LogP contribution in [0, 0.1) is 19.8 Å². The van der Waals surface area contributed by atoms with Gasteiger partial charge < -0.3 is 14.2 Å². The third-order valence-corrected chi connectivity index (χ3v) is 6.13. The molecular weight excluding hydrogens is 364 g/mol. The van der Waals surface area contributed by atoms with Crippen molar-refractivity contribution in [3.8, 4) is 0 Å². The highest BCUT2D eigenvalue weighted by Crippen LogP contribution is 2.22. The summed E-state index contributed by atoms with van der Waals surface area (Å²) in [6.45, 7) is 4.63. The summed E-state index contributed by atoms with van der Waals surface area (Å²) in [4.78, 5) is 39.5. The second-order valence-corrected chi connectivity index (χ2v) is 7.87. The van der Waals surface area contributed by atoms with E-state index in [0.717, 1.165) is 16.3 Å². The topological polar surface area (TPSA) is 68.6 Å². The van der Waals surface area contributed by atoms with Gasteiger partial charge in [0.15, 0.2) is 6.61 Å². The number of aromatic nitrogens is 1. The summed E-state index contributed by atoms with van der Waals surface area (Å²) < 4.78 is 7.21. The van der Waals surface area contributed by atoms with Crippen molar-refractivity contribution in [2.24, 2.45) is 13.0 Å². The third kappa shape index (κ3) is 4.13. The number of nitrogens with zero attached hydrogens (tertiary/aromatic N) is 2. The maximum absolute atomic E-state index is 12.3. The highest BCUT2D eigenvalue weighted by atomic mass is 32.1. The van der Waals surface area contributed by atoms with Crippen molar-refractivity contribution >= 4 is 29.0 Å². The molecule has 1 aliphatic rings. The van der Waals surface area contributed by atoms with Gasteiger partial charge in [-0.05, 0) is 44.2 Å². The van der Waals surface area contributed by atoms with Crippen LogP contribution in [0.2, 0.25) is 0 Å². The predicted octanol–water partition coefficient (Wildman–Crippen LogP) is 2.98. The first-order valence-corrected chi connectivity index (χ1v) is 9.92. The van der Waals surface area contributed by atoms with Crippen molar-refractivity contribution in [3.63, 3.8) is 0 Å². The van der Waals surface area contributed by atoms with Gasteiger partial charge in [-0.15, -0.1) is 11.3 Å². The van der Waals surface area contributed by atoms with E-state index in [4.69, 9.17) is 4.74 Å². The van der Waals surface area contributed by atoms with Crippen LogP contribution in [0.5, 0.6) is 0 Å². The Hall–Kier alpha value is -2.41. The van der Waals surface area contributed by atoms with Gasteiger partial charge in [-0.3, -0.25) is 14.4 Å². The van der Waals surface area contributed by atoms with Crippen molar-refractivity contribution in [3.05, 3.63) is 45.4 Å². The molecule has 6 nitrogen and oxygen atoms in total. The van der Waals surface area contributed by atoms with E-state index >= 15 is 0 Å². The van der Waals surface area contributed by atoms with E-state index in [1.165, 1.54) is 11.3 Å². The number of aryl methyl sites for hydroxylation is 1. The van der Waals surface area contributed by atoms with Crippen molar-refractivity contribution in [1.82, 2.24) is 9.47 Å². The molecule has 7 heteroatoms. The van der Waals surface area contributed by atoms with Crippen molar-refractivity contribution in [2.45, 2.75) is 26.7 Å². The molecule has 0 aromatic carbocycles. The Balaban J connectivity index is 1.49. The van der Waals surface area contributed by atoms with E-state index in [0.29, 0.717) is 31.5 Å². The van der Waals surface area contributed by atoms with Crippen LogP contribution < -0.4 is 0 Å². The number of carbonyl (C=O) groups is 3. The van der Waals surface area contributed by atoms with Gasteiger partial charge in [0.05, 0.1) is 10.8 Å². The Morgan fingerprint density at radius 2 is 1.93 bits per heavy atom. The lowest BCUT2D eigenvalue weighted by molar-refractivity contribution is -0.148. The van der Waals surface area contributed by atoms with Crippen molar-refractivity contribution < 1.29 is 19.1 Å². The number of ether oxygens (including phenoxy) is 1. The van der Waals surface area contributed by atoms with Crippen LogP contribution in [0.1, 0.15) is 44.3 Å². The highest BCUT2D eigenvalue weighted by molar-refractivity contribution is 7.12. The minimum atomic E-state index is -0.350. The molecule has 0 aliphatic carbocycles. The zero-order valence-corrected chi connectivity index (χ0v) is 16.7.